The van der Waals surface area contributed by atoms with Gasteiger partial charge in [0.2, 0.25) is 5.89 Å². The maximum absolute atomic E-state index is 11.9. The van der Waals surface area contributed by atoms with Crippen LogP contribution in [0.1, 0.15) is 46.5 Å². The summed E-state index contributed by atoms with van der Waals surface area (Å²) in [6, 6.07) is 12.0. The quantitative estimate of drug-likeness (QED) is 0.766. The zero-order chi connectivity index (χ0) is 16.2. The van der Waals surface area contributed by atoms with Crippen molar-refractivity contribution in [3.8, 4) is 0 Å². The minimum Gasteiger partial charge on any atom is -0.407 e. The van der Waals surface area contributed by atoms with Gasteiger partial charge < -0.3 is 4.42 Å². The number of thiophene rings is 1. The molecule has 0 unspecified atom stereocenters. The average Bonchev–Trinajstić information content (AvgIpc) is 3.19. The molecular formula is C17H17N3O2S. The van der Waals surface area contributed by atoms with Crippen molar-refractivity contribution in [3.05, 3.63) is 63.7 Å². The third kappa shape index (κ3) is 3.84. The van der Waals surface area contributed by atoms with E-state index in [2.05, 4.69) is 53.6 Å². The van der Waals surface area contributed by atoms with Crippen LogP contribution in [-0.4, -0.2) is 16.1 Å². The Bertz CT molecular complexity index is 777. The SMILES string of the molecule is CC(C)c1ccc(Cc2nnc(NC(=O)c3cccs3)o2)cc1. The molecule has 0 saturated heterocycles. The summed E-state index contributed by atoms with van der Waals surface area (Å²) in [5, 5.41) is 12.3. The minimum atomic E-state index is -0.239. The number of nitrogens with one attached hydrogen (secondary N) is 1. The van der Waals surface area contributed by atoms with E-state index in [4.69, 9.17) is 4.42 Å². The molecule has 0 aliphatic rings. The maximum atomic E-state index is 11.9. The lowest BCUT2D eigenvalue weighted by molar-refractivity contribution is 0.102. The standard InChI is InChI=1S/C17H17N3O2S/c1-11(2)13-7-5-12(6-8-13)10-15-19-20-17(22-15)18-16(21)14-4-3-9-23-14/h3-9,11H,10H2,1-2H3,(H,18,20,21). The molecule has 0 atom stereocenters. The fourth-order valence-electron chi connectivity index (χ4n) is 2.14. The molecule has 0 spiro atoms. The summed E-state index contributed by atoms with van der Waals surface area (Å²) in [6.45, 7) is 4.32. The fourth-order valence-corrected chi connectivity index (χ4v) is 2.76. The van der Waals surface area contributed by atoms with E-state index >= 15 is 0 Å². The lowest BCUT2D eigenvalue weighted by Crippen LogP contribution is -2.10. The van der Waals surface area contributed by atoms with Crippen molar-refractivity contribution in [2.24, 2.45) is 0 Å². The van der Waals surface area contributed by atoms with Gasteiger partial charge in [0.15, 0.2) is 0 Å². The van der Waals surface area contributed by atoms with E-state index in [9.17, 15) is 4.79 Å². The number of rotatable bonds is 5. The summed E-state index contributed by atoms with van der Waals surface area (Å²) in [4.78, 5) is 12.5. The van der Waals surface area contributed by atoms with Gasteiger partial charge in [0.25, 0.3) is 5.91 Å². The van der Waals surface area contributed by atoms with Crippen LogP contribution in [-0.2, 0) is 6.42 Å². The molecule has 0 aliphatic heterocycles. The summed E-state index contributed by atoms with van der Waals surface area (Å²) >= 11 is 1.36. The number of carbonyl (C=O) groups excluding carboxylic acids is 1. The van der Waals surface area contributed by atoms with E-state index in [0.717, 1.165) is 5.56 Å². The molecule has 23 heavy (non-hydrogen) atoms. The summed E-state index contributed by atoms with van der Waals surface area (Å²) in [5.74, 6) is 0.742. The van der Waals surface area contributed by atoms with Gasteiger partial charge >= 0.3 is 6.01 Å². The molecule has 0 aliphatic carbocycles. The first kappa shape index (κ1) is 15.4. The number of nitrogens with zero attached hydrogens (tertiary/aromatic N) is 2. The first-order valence-corrected chi connectivity index (χ1v) is 8.26. The predicted molar refractivity (Wildman–Crippen MR) is 89.9 cm³/mol. The number of hydrogen-bond donors (Lipinski definition) is 1. The Morgan fingerprint density at radius 1 is 1.22 bits per heavy atom. The summed E-state index contributed by atoms with van der Waals surface area (Å²) in [7, 11) is 0. The molecule has 0 saturated carbocycles. The molecule has 0 fully saturated rings. The van der Waals surface area contributed by atoms with Crippen molar-refractivity contribution < 1.29 is 9.21 Å². The molecule has 5 nitrogen and oxygen atoms in total. The van der Waals surface area contributed by atoms with Crippen molar-refractivity contribution >= 4 is 23.3 Å². The second-order valence-electron chi connectivity index (χ2n) is 5.51. The summed E-state index contributed by atoms with van der Waals surface area (Å²) in [5.41, 5.74) is 2.39. The lowest BCUT2D eigenvalue weighted by Gasteiger charge is -2.05. The van der Waals surface area contributed by atoms with Gasteiger partial charge in [-0.15, -0.1) is 16.4 Å². The largest absolute Gasteiger partial charge is 0.407 e. The molecular weight excluding hydrogens is 310 g/mol. The van der Waals surface area contributed by atoms with Gasteiger partial charge in [0.1, 0.15) is 0 Å². The van der Waals surface area contributed by atoms with E-state index in [1.165, 1.54) is 16.9 Å². The molecule has 3 rings (SSSR count). The fraction of sp³-hybridized carbons (Fsp3) is 0.235. The van der Waals surface area contributed by atoms with E-state index in [1.54, 1.807) is 6.07 Å². The minimum absolute atomic E-state index is 0.122. The van der Waals surface area contributed by atoms with Crippen molar-refractivity contribution in [2.45, 2.75) is 26.2 Å². The molecule has 3 aromatic rings. The van der Waals surface area contributed by atoms with Crippen LogP contribution in [0.5, 0.6) is 0 Å². The van der Waals surface area contributed by atoms with Gasteiger partial charge in [0, 0.05) is 0 Å². The zero-order valence-electron chi connectivity index (χ0n) is 12.9. The van der Waals surface area contributed by atoms with Crippen molar-refractivity contribution in [3.63, 3.8) is 0 Å². The van der Waals surface area contributed by atoms with Gasteiger partial charge in [-0.3, -0.25) is 10.1 Å². The monoisotopic (exact) mass is 327 g/mol. The second kappa shape index (κ2) is 6.75. The Balaban J connectivity index is 1.64. The average molecular weight is 327 g/mol. The van der Waals surface area contributed by atoms with Crippen LogP contribution >= 0.6 is 11.3 Å². The Morgan fingerprint density at radius 2 is 2.00 bits per heavy atom. The number of amides is 1. The highest BCUT2D eigenvalue weighted by atomic mass is 32.1. The first-order valence-electron chi connectivity index (χ1n) is 7.38. The van der Waals surface area contributed by atoms with Crippen LogP contribution in [0, 0.1) is 0 Å². The highest BCUT2D eigenvalue weighted by Gasteiger charge is 2.12. The summed E-state index contributed by atoms with van der Waals surface area (Å²) in [6.07, 6.45) is 0.542. The molecule has 0 radical (unpaired) electrons. The van der Waals surface area contributed by atoms with Crippen molar-refractivity contribution in [2.75, 3.05) is 5.32 Å². The van der Waals surface area contributed by atoms with Gasteiger partial charge in [-0.05, 0) is 28.5 Å². The molecule has 2 aromatic heterocycles. The van der Waals surface area contributed by atoms with Gasteiger partial charge in [0.05, 0.1) is 11.3 Å². The molecule has 1 N–H and O–H groups in total. The Morgan fingerprint density at radius 3 is 2.65 bits per heavy atom. The van der Waals surface area contributed by atoms with E-state index < -0.39 is 0 Å². The van der Waals surface area contributed by atoms with Crippen LogP contribution < -0.4 is 5.32 Å². The van der Waals surface area contributed by atoms with Crippen molar-refractivity contribution in [1.29, 1.82) is 0 Å². The normalized spacial score (nSPS) is 10.9. The number of hydrogen-bond acceptors (Lipinski definition) is 5. The molecule has 1 aromatic carbocycles. The molecule has 6 heteroatoms. The van der Waals surface area contributed by atoms with Gasteiger partial charge in [-0.25, -0.2) is 0 Å². The van der Waals surface area contributed by atoms with Crippen molar-refractivity contribution in [1.82, 2.24) is 10.2 Å². The van der Waals surface area contributed by atoms with Crippen LogP contribution in [0.25, 0.3) is 0 Å². The Hall–Kier alpha value is -2.47. The molecule has 0 bridgehead atoms. The molecule has 118 valence electrons. The van der Waals surface area contributed by atoms with E-state index in [-0.39, 0.29) is 11.9 Å². The third-order valence-electron chi connectivity index (χ3n) is 3.43. The second-order valence-corrected chi connectivity index (χ2v) is 6.45. The number of benzene rings is 1. The zero-order valence-corrected chi connectivity index (χ0v) is 13.8. The lowest BCUT2D eigenvalue weighted by atomic mass is 10.0. The summed E-state index contributed by atoms with van der Waals surface area (Å²) < 4.78 is 5.48. The number of anilines is 1. The van der Waals surface area contributed by atoms with Crippen LogP contribution in [0.2, 0.25) is 0 Å². The highest BCUT2D eigenvalue weighted by Crippen LogP contribution is 2.17. The van der Waals surface area contributed by atoms with Crippen LogP contribution in [0.4, 0.5) is 6.01 Å². The van der Waals surface area contributed by atoms with Crippen LogP contribution in [0.3, 0.4) is 0 Å². The van der Waals surface area contributed by atoms with Crippen LogP contribution in [0.15, 0.2) is 46.2 Å². The molecule has 2 heterocycles. The van der Waals surface area contributed by atoms with Gasteiger partial charge in [-0.2, -0.15) is 0 Å². The maximum Gasteiger partial charge on any atom is 0.322 e. The Labute approximate surface area is 138 Å². The van der Waals surface area contributed by atoms with E-state index in [1.807, 2.05) is 11.4 Å². The first-order chi connectivity index (χ1) is 11.1. The predicted octanol–water partition coefficient (Wildman–Crippen LogP) is 4.10. The van der Waals surface area contributed by atoms with E-state index in [0.29, 0.717) is 23.1 Å². The Kier molecular flexibility index (Phi) is 4.52. The number of carbonyl (C=O) groups is 1. The highest BCUT2D eigenvalue weighted by molar-refractivity contribution is 7.12. The van der Waals surface area contributed by atoms with Gasteiger partial charge in [-0.1, -0.05) is 49.3 Å². The number of aromatic nitrogens is 2. The smallest absolute Gasteiger partial charge is 0.322 e. The topological polar surface area (TPSA) is 68.0 Å². The molecule has 1 amide bonds. The third-order valence-corrected chi connectivity index (χ3v) is 4.30.